The fourth-order valence-corrected chi connectivity index (χ4v) is 4.87. The Morgan fingerprint density at radius 1 is 1.32 bits per heavy atom. The molecule has 0 bridgehead atoms. The summed E-state index contributed by atoms with van der Waals surface area (Å²) in [4.78, 5) is 35.5. The average Bonchev–Trinajstić information content (AvgIpc) is 3.33. The maximum atomic E-state index is 12.7. The third-order valence-corrected chi connectivity index (χ3v) is 6.01. The molecule has 1 aromatic carbocycles. The largest absolute Gasteiger partial charge is 0.342 e. The lowest BCUT2D eigenvalue weighted by Gasteiger charge is -2.14. The number of hydrogen-bond acceptors (Lipinski definition) is 7. The van der Waals surface area contributed by atoms with Crippen LogP contribution in [0, 0.1) is 18.3 Å². The lowest BCUT2D eigenvalue weighted by Crippen LogP contribution is -2.28. The number of carbonyl (C=O) groups excluding carboxylic acids is 2. The summed E-state index contributed by atoms with van der Waals surface area (Å²) in [6.45, 7) is 3.51. The second-order valence-corrected chi connectivity index (χ2v) is 9.45. The smallest absolute Gasteiger partial charge is 0.266 e. The van der Waals surface area contributed by atoms with Crippen molar-refractivity contribution >= 4 is 55.0 Å². The van der Waals surface area contributed by atoms with E-state index in [1.54, 1.807) is 33.0 Å². The highest BCUT2D eigenvalue weighted by Gasteiger charge is 2.22. The third-order valence-electron chi connectivity index (χ3n) is 4.14. The van der Waals surface area contributed by atoms with E-state index in [1.165, 1.54) is 15.8 Å². The normalized spacial score (nSPS) is 11.6. The van der Waals surface area contributed by atoms with Crippen LogP contribution in [0.3, 0.4) is 0 Å². The van der Waals surface area contributed by atoms with Gasteiger partial charge in [0.1, 0.15) is 17.2 Å². The predicted molar refractivity (Wildman–Crippen MR) is 122 cm³/mol. The molecular formula is C19H17Br2N7O2S. The number of aromatic nitrogens is 4. The first-order chi connectivity index (χ1) is 14.7. The van der Waals surface area contributed by atoms with E-state index in [0.717, 1.165) is 20.3 Å². The number of thiazole rings is 1. The lowest BCUT2D eigenvalue weighted by atomic mass is 10.2. The Morgan fingerprint density at radius 3 is 2.65 bits per heavy atom. The molecule has 0 unspecified atom stereocenters. The maximum absolute atomic E-state index is 12.7. The molecule has 0 aliphatic heterocycles. The van der Waals surface area contributed by atoms with Crippen LogP contribution in [0.1, 0.15) is 44.6 Å². The fourth-order valence-electron chi connectivity index (χ4n) is 2.71. The molecule has 12 heteroatoms. The quantitative estimate of drug-likeness (QED) is 0.455. The van der Waals surface area contributed by atoms with Gasteiger partial charge in [-0.3, -0.25) is 9.59 Å². The number of nitrogens with zero attached hydrogens (tertiary/aromatic N) is 6. The van der Waals surface area contributed by atoms with E-state index in [4.69, 9.17) is 5.26 Å². The van der Waals surface area contributed by atoms with Gasteiger partial charge in [-0.15, -0.1) is 5.10 Å². The van der Waals surface area contributed by atoms with Crippen molar-refractivity contribution in [2.75, 3.05) is 13.6 Å². The van der Waals surface area contributed by atoms with Crippen molar-refractivity contribution in [1.82, 2.24) is 30.0 Å². The second-order valence-electron chi connectivity index (χ2n) is 6.61. The maximum Gasteiger partial charge on any atom is 0.266 e. The summed E-state index contributed by atoms with van der Waals surface area (Å²) < 4.78 is 3.07. The van der Waals surface area contributed by atoms with Gasteiger partial charge in [0.25, 0.3) is 11.8 Å². The van der Waals surface area contributed by atoms with E-state index >= 15 is 0 Å². The topological polar surface area (TPSA) is 117 Å². The minimum Gasteiger partial charge on any atom is -0.342 e. The molecule has 0 saturated carbocycles. The Morgan fingerprint density at radius 2 is 2.00 bits per heavy atom. The Kier molecular flexibility index (Phi) is 7.19. The number of amides is 2. The number of nitriles is 1. The second kappa shape index (κ2) is 9.67. The van der Waals surface area contributed by atoms with Gasteiger partial charge in [-0.1, -0.05) is 43.2 Å². The van der Waals surface area contributed by atoms with Crippen molar-refractivity contribution in [2.45, 2.75) is 19.9 Å². The van der Waals surface area contributed by atoms with Crippen LogP contribution in [0.5, 0.6) is 0 Å². The molecule has 0 spiro atoms. The van der Waals surface area contributed by atoms with Crippen LogP contribution in [0.4, 0.5) is 0 Å². The summed E-state index contributed by atoms with van der Waals surface area (Å²) in [7, 11) is 1.55. The highest BCUT2D eigenvalue weighted by Crippen LogP contribution is 2.24. The molecule has 0 fully saturated rings. The van der Waals surface area contributed by atoms with Crippen LogP contribution < -0.4 is 5.32 Å². The van der Waals surface area contributed by atoms with Crippen molar-refractivity contribution in [2.24, 2.45) is 0 Å². The van der Waals surface area contributed by atoms with Crippen molar-refractivity contribution in [3.8, 4) is 11.2 Å². The van der Waals surface area contributed by atoms with E-state index in [2.05, 4.69) is 52.2 Å². The molecule has 1 N–H and O–H groups in total. The minimum absolute atomic E-state index is 0.0193. The first-order valence-corrected chi connectivity index (χ1v) is 11.4. The van der Waals surface area contributed by atoms with Crippen molar-refractivity contribution < 1.29 is 9.59 Å². The Bertz CT molecular complexity index is 1160. The first kappa shape index (κ1) is 23.1. The van der Waals surface area contributed by atoms with E-state index in [0.29, 0.717) is 27.2 Å². The van der Waals surface area contributed by atoms with Crippen LogP contribution >= 0.6 is 43.2 Å². The molecule has 9 nitrogen and oxygen atoms in total. The van der Waals surface area contributed by atoms with Gasteiger partial charge in [-0.2, -0.15) is 9.94 Å². The van der Waals surface area contributed by atoms with E-state index in [-0.39, 0.29) is 18.4 Å². The molecule has 1 atom stereocenters. The Labute approximate surface area is 199 Å². The summed E-state index contributed by atoms with van der Waals surface area (Å²) in [6.07, 6.45) is 1.44. The average molecular weight is 567 g/mol. The summed E-state index contributed by atoms with van der Waals surface area (Å²) in [6, 6.07) is 6.75. The monoisotopic (exact) mass is 565 g/mol. The first-order valence-electron chi connectivity index (χ1n) is 8.98. The van der Waals surface area contributed by atoms with E-state index in [1.807, 2.05) is 12.1 Å². The SMILES string of the molecule is Cc1nc([C@H](C)NC(=O)c2cc(Br)cc(Br)c2)n(-c2ncc(C(=O)N(C)CC#N)s2)n1. The minimum atomic E-state index is -0.476. The molecule has 0 aliphatic carbocycles. The van der Waals surface area contributed by atoms with Gasteiger partial charge in [0, 0.05) is 21.6 Å². The molecule has 2 aromatic heterocycles. The molecule has 2 heterocycles. The Hall–Kier alpha value is -2.62. The summed E-state index contributed by atoms with van der Waals surface area (Å²) in [5.41, 5.74) is 0.485. The molecule has 160 valence electrons. The molecule has 3 rings (SSSR count). The molecule has 0 aliphatic rings. The summed E-state index contributed by atoms with van der Waals surface area (Å²) >= 11 is 7.90. The van der Waals surface area contributed by atoms with E-state index < -0.39 is 6.04 Å². The van der Waals surface area contributed by atoms with Crippen molar-refractivity contribution in [1.29, 1.82) is 5.26 Å². The van der Waals surface area contributed by atoms with Crippen LogP contribution in [0.25, 0.3) is 5.13 Å². The standard InChI is InChI=1S/C19H17Br2N7O2S/c1-10(24-17(29)12-6-13(20)8-14(21)7-12)16-25-11(2)26-28(16)19-23-9-15(31-19)18(30)27(3)5-4-22/h6-10H,5H2,1-3H3,(H,24,29)/t10-/m0/s1. The van der Waals surface area contributed by atoms with Crippen molar-refractivity contribution in [3.05, 3.63) is 55.4 Å². The van der Waals surface area contributed by atoms with E-state index in [9.17, 15) is 9.59 Å². The number of halogens is 2. The number of aryl methyl sites for hydroxylation is 1. The van der Waals surface area contributed by atoms with Gasteiger partial charge in [0.2, 0.25) is 5.13 Å². The van der Waals surface area contributed by atoms with Crippen LogP contribution in [-0.2, 0) is 0 Å². The van der Waals surface area contributed by atoms with Gasteiger partial charge in [0.15, 0.2) is 5.82 Å². The number of carbonyl (C=O) groups is 2. The van der Waals surface area contributed by atoms with Crippen LogP contribution in [0.2, 0.25) is 0 Å². The number of benzene rings is 1. The number of nitrogens with one attached hydrogen (secondary N) is 1. The van der Waals surface area contributed by atoms with Crippen molar-refractivity contribution in [3.63, 3.8) is 0 Å². The van der Waals surface area contributed by atoms with Gasteiger partial charge < -0.3 is 10.2 Å². The summed E-state index contributed by atoms with van der Waals surface area (Å²) in [5, 5.41) is 16.5. The number of rotatable bonds is 6. The lowest BCUT2D eigenvalue weighted by molar-refractivity contribution is 0.0816. The zero-order valence-corrected chi connectivity index (χ0v) is 20.7. The molecule has 3 aromatic rings. The summed E-state index contributed by atoms with van der Waals surface area (Å²) in [5.74, 6) is 0.421. The van der Waals surface area contributed by atoms with Gasteiger partial charge >= 0.3 is 0 Å². The highest BCUT2D eigenvalue weighted by molar-refractivity contribution is 9.11. The fraction of sp³-hybridized carbons (Fsp3) is 0.263. The zero-order valence-electron chi connectivity index (χ0n) is 16.8. The molecule has 0 radical (unpaired) electrons. The van der Waals surface area contributed by atoms with Gasteiger partial charge in [-0.25, -0.2) is 9.97 Å². The van der Waals surface area contributed by atoms with Crippen LogP contribution in [-0.4, -0.2) is 50.1 Å². The zero-order chi connectivity index (χ0) is 22.7. The predicted octanol–water partition coefficient (Wildman–Crippen LogP) is 3.64. The highest BCUT2D eigenvalue weighted by atomic mass is 79.9. The molecule has 0 saturated heterocycles. The van der Waals surface area contributed by atoms with Gasteiger partial charge in [0.05, 0.1) is 18.3 Å². The van der Waals surface area contributed by atoms with Crippen LogP contribution in [0.15, 0.2) is 33.3 Å². The third kappa shape index (κ3) is 5.36. The Balaban J connectivity index is 1.84. The molecule has 31 heavy (non-hydrogen) atoms. The molecular weight excluding hydrogens is 550 g/mol. The number of hydrogen-bond donors (Lipinski definition) is 1. The molecule has 2 amide bonds. The van der Waals surface area contributed by atoms with Gasteiger partial charge in [-0.05, 0) is 32.0 Å².